The molecule has 0 aliphatic rings. The van der Waals surface area contributed by atoms with E-state index in [4.69, 9.17) is 9.15 Å². The molecule has 126 valence electrons. The van der Waals surface area contributed by atoms with E-state index in [1.165, 1.54) is 12.1 Å². The lowest BCUT2D eigenvalue weighted by Gasteiger charge is -2.04. The Hall–Kier alpha value is -3.75. The number of nitrogens with zero attached hydrogens (tertiary/aromatic N) is 3. The van der Waals surface area contributed by atoms with Gasteiger partial charge in [0.2, 0.25) is 5.89 Å². The summed E-state index contributed by atoms with van der Waals surface area (Å²) in [6.07, 6.45) is 2.31. The molecule has 3 rings (SSSR count). The van der Waals surface area contributed by atoms with Crippen LogP contribution in [-0.2, 0) is 9.53 Å². The molecule has 0 atom stereocenters. The van der Waals surface area contributed by atoms with Gasteiger partial charge in [0.25, 0.3) is 5.91 Å². The fraction of sp³-hybridized carbons (Fsp3) is 0.0625. The number of carbonyl (C=O) groups excluding carboxylic acids is 2. The van der Waals surface area contributed by atoms with E-state index >= 15 is 0 Å². The van der Waals surface area contributed by atoms with E-state index in [0.717, 1.165) is 12.4 Å². The zero-order valence-electron chi connectivity index (χ0n) is 12.8. The first-order valence-corrected chi connectivity index (χ1v) is 7.16. The minimum absolute atomic E-state index is 0.105. The molecule has 0 saturated carbocycles. The van der Waals surface area contributed by atoms with Gasteiger partial charge in [-0.05, 0) is 12.1 Å². The number of amides is 1. The normalized spacial score (nSPS) is 10.2. The molecule has 0 aliphatic heterocycles. The number of carbonyl (C=O) groups is 2. The van der Waals surface area contributed by atoms with Crippen molar-refractivity contribution in [3.63, 3.8) is 0 Å². The highest BCUT2D eigenvalue weighted by Gasteiger charge is 2.14. The van der Waals surface area contributed by atoms with Crippen LogP contribution < -0.4 is 10.0 Å². The minimum Gasteiger partial charge on any atom is -0.619 e. The molecule has 0 spiro atoms. The van der Waals surface area contributed by atoms with Crippen molar-refractivity contribution in [2.45, 2.75) is 0 Å². The Morgan fingerprint density at radius 3 is 2.56 bits per heavy atom. The summed E-state index contributed by atoms with van der Waals surface area (Å²) in [5, 5.41) is 20.8. The predicted molar refractivity (Wildman–Crippen MR) is 84.0 cm³/mol. The van der Waals surface area contributed by atoms with Crippen molar-refractivity contribution >= 4 is 17.9 Å². The highest BCUT2D eigenvalue weighted by Crippen LogP contribution is 2.18. The van der Waals surface area contributed by atoms with Crippen LogP contribution in [0.4, 0.5) is 6.01 Å². The van der Waals surface area contributed by atoms with Crippen LogP contribution in [0.2, 0.25) is 0 Å². The molecule has 0 saturated heterocycles. The third-order valence-corrected chi connectivity index (χ3v) is 3.06. The third kappa shape index (κ3) is 4.16. The second-order valence-corrected chi connectivity index (χ2v) is 4.85. The molecule has 25 heavy (non-hydrogen) atoms. The number of aromatic nitrogens is 3. The lowest BCUT2D eigenvalue weighted by molar-refractivity contribution is -0.605. The summed E-state index contributed by atoms with van der Waals surface area (Å²) in [5.41, 5.74) is 0.866. The Balaban J connectivity index is 1.54. The van der Waals surface area contributed by atoms with Crippen LogP contribution in [-0.4, -0.2) is 28.7 Å². The van der Waals surface area contributed by atoms with Gasteiger partial charge < -0.3 is 14.4 Å². The molecular weight excluding hydrogens is 328 g/mol. The first kappa shape index (κ1) is 16.1. The second kappa shape index (κ2) is 7.21. The second-order valence-electron chi connectivity index (χ2n) is 4.85. The number of rotatable bonds is 5. The quantitative estimate of drug-likeness (QED) is 0.420. The van der Waals surface area contributed by atoms with Crippen LogP contribution in [0.25, 0.3) is 11.5 Å². The summed E-state index contributed by atoms with van der Waals surface area (Å²) in [7, 11) is 0. The van der Waals surface area contributed by atoms with Crippen molar-refractivity contribution in [1.29, 1.82) is 0 Å². The largest absolute Gasteiger partial charge is 0.619 e. The lowest BCUT2D eigenvalue weighted by atomic mass is 10.2. The number of benzene rings is 1. The summed E-state index contributed by atoms with van der Waals surface area (Å²) in [4.78, 5) is 23.5. The van der Waals surface area contributed by atoms with Gasteiger partial charge in [0.15, 0.2) is 19.0 Å². The van der Waals surface area contributed by atoms with Crippen molar-refractivity contribution in [1.82, 2.24) is 10.2 Å². The molecule has 9 heteroatoms. The van der Waals surface area contributed by atoms with E-state index in [2.05, 4.69) is 15.5 Å². The van der Waals surface area contributed by atoms with Gasteiger partial charge in [-0.15, -0.1) is 5.10 Å². The van der Waals surface area contributed by atoms with Gasteiger partial charge in [-0.2, -0.15) is 4.73 Å². The Morgan fingerprint density at radius 1 is 1.12 bits per heavy atom. The molecule has 0 bridgehead atoms. The first-order valence-electron chi connectivity index (χ1n) is 7.16. The summed E-state index contributed by atoms with van der Waals surface area (Å²) in [6.45, 7) is -0.534. The third-order valence-electron chi connectivity index (χ3n) is 3.06. The molecular formula is C16H12N4O5. The monoisotopic (exact) mass is 340 g/mol. The van der Waals surface area contributed by atoms with E-state index in [1.807, 2.05) is 18.2 Å². The number of anilines is 1. The minimum atomic E-state index is -0.730. The van der Waals surface area contributed by atoms with E-state index in [-0.39, 0.29) is 17.5 Å². The smallest absolute Gasteiger partial charge is 0.339 e. The fourth-order valence-electron chi connectivity index (χ4n) is 1.89. The maximum absolute atomic E-state index is 11.8. The van der Waals surface area contributed by atoms with Crippen molar-refractivity contribution in [2.24, 2.45) is 0 Å². The zero-order valence-corrected chi connectivity index (χ0v) is 12.8. The van der Waals surface area contributed by atoms with Crippen molar-refractivity contribution in [3.8, 4) is 11.5 Å². The number of pyridine rings is 1. The van der Waals surface area contributed by atoms with Gasteiger partial charge >= 0.3 is 12.0 Å². The first-order chi connectivity index (χ1) is 12.1. The summed E-state index contributed by atoms with van der Waals surface area (Å²) in [5.74, 6) is -1.11. The Kier molecular flexibility index (Phi) is 4.65. The van der Waals surface area contributed by atoms with Crippen LogP contribution in [0.1, 0.15) is 10.4 Å². The van der Waals surface area contributed by atoms with E-state index < -0.39 is 18.5 Å². The highest BCUT2D eigenvalue weighted by molar-refractivity contribution is 5.94. The van der Waals surface area contributed by atoms with Crippen molar-refractivity contribution in [2.75, 3.05) is 11.9 Å². The summed E-state index contributed by atoms with van der Waals surface area (Å²) in [6, 6.07) is 11.5. The van der Waals surface area contributed by atoms with Gasteiger partial charge in [-0.3, -0.25) is 10.1 Å². The Morgan fingerprint density at radius 2 is 1.84 bits per heavy atom. The number of hydrogen-bond acceptors (Lipinski definition) is 7. The fourth-order valence-corrected chi connectivity index (χ4v) is 1.89. The molecule has 3 aromatic rings. The highest BCUT2D eigenvalue weighted by atomic mass is 16.5. The predicted octanol–water partition coefficient (Wildman–Crippen LogP) is 1.17. The van der Waals surface area contributed by atoms with Crippen LogP contribution in [0.15, 0.2) is 59.3 Å². The molecule has 1 N–H and O–H groups in total. The van der Waals surface area contributed by atoms with Crippen LogP contribution in [0.3, 0.4) is 0 Å². The Bertz CT molecular complexity index is 877. The van der Waals surface area contributed by atoms with Crippen LogP contribution >= 0.6 is 0 Å². The van der Waals surface area contributed by atoms with Gasteiger partial charge in [0, 0.05) is 17.7 Å². The van der Waals surface area contributed by atoms with E-state index in [0.29, 0.717) is 10.3 Å². The summed E-state index contributed by atoms with van der Waals surface area (Å²) >= 11 is 0. The van der Waals surface area contributed by atoms with Crippen molar-refractivity contribution < 1.29 is 23.5 Å². The van der Waals surface area contributed by atoms with Crippen molar-refractivity contribution in [3.05, 3.63) is 65.6 Å². The molecule has 1 aromatic carbocycles. The molecule has 2 heterocycles. The molecule has 2 aromatic heterocycles. The van der Waals surface area contributed by atoms with Crippen LogP contribution in [0.5, 0.6) is 0 Å². The van der Waals surface area contributed by atoms with E-state index in [1.54, 1.807) is 12.1 Å². The molecule has 0 unspecified atom stereocenters. The SMILES string of the molecule is O=C(COC(=O)c1cc[n+]([O-])cc1)Nc1nnc(-c2ccccc2)o1. The average molecular weight is 340 g/mol. The number of esters is 1. The zero-order chi connectivity index (χ0) is 17.6. The molecule has 9 nitrogen and oxygen atoms in total. The maximum atomic E-state index is 11.8. The van der Waals surface area contributed by atoms with Gasteiger partial charge in [0.05, 0.1) is 5.56 Å². The van der Waals surface area contributed by atoms with E-state index in [9.17, 15) is 14.8 Å². The average Bonchev–Trinajstić information content (AvgIpc) is 3.09. The molecule has 0 aliphatic carbocycles. The number of nitrogens with one attached hydrogen (secondary N) is 1. The van der Waals surface area contributed by atoms with Gasteiger partial charge in [-0.1, -0.05) is 23.3 Å². The standard InChI is InChI=1S/C16H12N4O5/c21-13(10-24-15(22)12-6-8-20(23)9-7-12)17-16-19-18-14(25-16)11-4-2-1-3-5-11/h1-9H,10H2,(H,17,19,21). The molecule has 0 fully saturated rings. The lowest BCUT2D eigenvalue weighted by Crippen LogP contribution is -2.25. The molecule has 1 amide bonds. The molecule has 0 radical (unpaired) electrons. The topological polar surface area (TPSA) is 121 Å². The van der Waals surface area contributed by atoms with Crippen LogP contribution in [0, 0.1) is 5.21 Å². The summed E-state index contributed by atoms with van der Waals surface area (Å²) < 4.78 is 10.7. The number of hydrogen-bond donors (Lipinski definition) is 1. The van der Waals surface area contributed by atoms with Gasteiger partial charge in [-0.25, -0.2) is 4.79 Å². The maximum Gasteiger partial charge on any atom is 0.339 e. The number of ether oxygens (including phenoxy) is 1. The van der Waals surface area contributed by atoms with Gasteiger partial charge in [0.1, 0.15) is 0 Å². The Labute approximate surface area is 141 Å².